The van der Waals surface area contributed by atoms with Gasteiger partial charge in [0, 0.05) is 22.6 Å². The number of aryl methyl sites for hydroxylation is 1. The summed E-state index contributed by atoms with van der Waals surface area (Å²) in [5.41, 5.74) is 1.67. The third-order valence-electron chi connectivity index (χ3n) is 7.68. The Balaban J connectivity index is 1.76. The second-order valence-electron chi connectivity index (χ2n) is 10.7. The van der Waals surface area contributed by atoms with Gasteiger partial charge in [0.25, 0.3) is 10.0 Å². The molecule has 0 unspecified atom stereocenters. The topological polar surface area (TPSA) is 96.0 Å². The lowest BCUT2D eigenvalue weighted by Crippen LogP contribution is -2.53. The number of rotatable bonds is 12. The molecule has 0 spiro atoms. The molecule has 0 radical (unpaired) electrons. The van der Waals surface area contributed by atoms with Gasteiger partial charge in [-0.3, -0.25) is 13.9 Å². The number of methoxy groups -OCH3 is 1. The lowest BCUT2D eigenvalue weighted by atomic mass is 10.1. The fraction of sp³-hybridized carbons (Fsp3) is 0.375. The molecule has 11 heteroatoms. The van der Waals surface area contributed by atoms with Crippen LogP contribution in [0, 0.1) is 6.92 Å². The van der Waals surface area contributed by atoms with Crippen LogP contribution in [0.1, 0.15) is 50.2 Å². The van der Waals surface area contributed by atoms with Gasteiger partial charge in [0.05, 0.1) is 17.7 Å². The first-order valence-electron chi connectivity index (χ1n) is 14.3. The summed E-state index contributed by atoms with van der Waals surface area (Å²) in [6, 6.07) is 17.1. The van der Waals surface area contributed by atoms with E-state index in [0.717, 1.165) is 35.6 Å². The van der Waals surface area contributed by atoms with Gasteiger partial charge >= 0.3 is 0 Å². The molecule has 1 aliphatic rings. The Kier molecular flexibility index (Phi) is 11.0. The summed E-state index contributed by atoms with van der Waals surface area (Å²) < 4.78 is 34.8. The van der Waals surface area contributed by atoms with Crippen molar-refractivity contribution in [3.63, 3.8) is 0 Å². The maximum absolute atomic E-state index is 14.3. The molecule has 1 aliphatic carbocycles. The summed E-state index contributed by atoms with van der Waals surface area (Å²) in [6.07, 6.45) is 4.16. The quantitative estimate of drug-likeness (QED) is 0.247. The summed E-state index contributed by atoms with van der Waals surface area (Å²) in [5, 5.41) is 3.87. The minimum atomic E-state index is -4.23. The van der Waals surface area contributed by atoms with E-state index in [9.17, 15) is 18.0 Å². The molecule has 2 amide bonds. The summed E-state index contributed by atoms with van der Waals surface area (Å²) in [4.78, 5) is 29.3. The molecule has 0 heterocycles. The number of ether oxygens (including phenoxy) is 1. The number of nitrogens with zero attached hydrogens (tertiary/aromatic N) is 2. The van der Waals surface area contributed by atoms with E-state index in [4.69, 9.17) is 27.9 Å². The zero-order chi connectivity index (χ0) is 31.1. The van der Waals surface area contributed by atoms with E-state index >= 15 is 0 Å². The molecule has 1 atom stereocenters. The molecule has 1 saturated carbocycles. The van der Waals surface area contributed by atoms with Crippen molar-refractivity contribution in [1.82, 2.24) is 10.2 Å². The third kappa shape index (κ3) is 7.82. The van der Waals surface area contributed by atoms with E-state index in [2.05, 4.69) is 5.32 Å². The van der Waals surface area contributed by atoms with Gasteiger partial charge in [0.15, 0.2) is 0 Å². The average molecular weight is 647 g/mol. The minimum absolute atomic E-state index is 0.0181. The highest BCUT2D eigenvalue weighted by molar-refractivity contribution is 7.92. The van der Waals surface area contributed by atoms with Crippen LogP contribution in [0.25, 0.3) is 0 Å². The first-order chi connectivity index (χ1) is 20.5. The zero-order valence-corrected chi connectivity index (χ0v) is 26.9. The zero-order valence-electron chi connectivity index (χ0n) is 24.6. The Morgan fingerprint density at radius 3 is 2.33 bits per heavy atom. The van der Waals surface area contributed by atoms with Gasteiger partial charge in [-0.1, -0.05) is 78.9 Å². The standard InChI is InChI=1S/C32H37Cl2N3O5S/c1-4-28(32(39)35-25-9-5-6-10-25)36(20-23-15-16-24(33)19-27(23)34)31(38)21-37(29-11-7-8-12-30(29)42-3)43(40,41)26-17-13-22(2)14-18-26/h7-8,11-19,25,28H,4-6,9-10,20-21H2,1-3H3,(H,35,39)/t28-/m0/s1. The van der Waals surface area contributed by atoms with Crippen LogP contribution in [0.2, 0.25) is 10.0 Å². The van der Waals surface area contributed by atoms with E-state index in [1.54, 1.807) is 54.6 Å². The Bertz CT molecular complexity index is 1540. The summed E-state index contributed by atoms with van der Waals surface area (Å²) in [6.45, 7) is 3.09. The highest BCUT2D eigenvalue weighted by Crippen LogP contribution is 2.33. The van der Waals surface area contributed by atoms with E-state index in [1.165, 1.54) is 24.1 Å². The normalized spacial score (nSPS) is 14.3. The van der Waals surface area contributed by atoms with Crippen molar-refractivity contribution in [3.8, 4) is 5.75 Å². The maximum Gasteiger partial charge on any atom is 0.264 e. The molecule has 3 aromatic carbocycles. The van der Waals surface area contributed by atoms with Crippen LogP contribution in [0.5, 0.6) is 5.75 Å². The highest BCUT2D eigenvalue weighted by Gasteiger charge is 2.35. The van der Waals surface area contributed by atoms with Crippen LogP contribution in [-0.4, -0.2) is 50.9 Å². The number of para-hydroxylation sites is 2. The summed E-state index contributed by atoms with van der Waals surface area (Å²) in [7, 11) is -2.79. The van der Waals surface area contributed by atoms with Gasteiger partial charge in [-0.25, -0.2) is 8.42 Å². The number of nitrogens with one attached hydrogen (secondary N) is 1. The molecule has 3 aromatic rings. The molecular formula is C32H37Cl2N3O5S. The van der Waals surface area contributed by atoms with Crippen LogP contribution < -0.4 is 14.4 Å². The lowest BCUT2D eigenvalue weighted by molar-refractivity contribution is -0.140. The molecule has 1 N–H and O–H groups in total. The number of anilines is 1. The molecule has 0 aliphatic heterocycles. The van der Waals surface area contributed by atoms with E-state index in [1.807, 2.05) is 13.8 Å². The molecular weight excluding hydrogens is 609 g/mol. The Morgan fingerprint density at radius 1 is 1.02 bits per heavy atom. The van der Waals surface area contributed by atoms with Crippen molar-refractivity contribution in [1.29, 1.82) is 0 Å². The second kappa shape index (κ2) is 14.5. The third-order valence-corrected chi connectivity index (χ3v) is 10.0. The van der Waals surface area contributed by atoms with Crippen LogP contribution in [0.3, 0.4) is 0 Å². The number of hydrogen-bond donors (Lipinski definition) is 1. The van der Waals surface area contributed by atoms with Crippen molar-refractivity contribution >= 4 is 50.7 Å². The molecule has 1 fully saturated rings. The largest absolute Gasteiger partial charge is 0.495 e. The molecule has 0 saturated heterocycles. The van der Waals surface area contributed by atoms with Gasteiger partial charge in [-0.15, -0.1) is 0 Å². The second-order valence-corrected chi connectivity index (χ2v) is 13.4. The molecule has 0 aromatic heterocycles. The van der Waals surface area contributed by atoms with Crippen molar-refractivity contribution in [3.05, 3.63) is 87.9 Å². The number of sulfonamides is 1. The lowest BCUT2D eigenvalue weighted by Gasteiger charge is -2.34. The van der Waals surface area contributed by atoms with Crippen molar-refractivity contribution < 1.29 is 22.7 Å². The number of hydrogen-bond acceptors (Lipinski definition) is 5. The minimum Gasteiger partial charge on any atom is -0.495 e. The number of carbonyl (C=O) groups is 2. The van der Waals surface area contributed by atoms with Crippen LogP contribution in [0.15, 0.2) is 71.6 Å². The van der Waals surface area contributed by atoms with Crippen LogP contribution in [-0.2, 0) is 26.2 Å². The number of halogens is 2. The predicted molar refractivity (Wildman–Crippen MR) is 170 cm³/mol. The van der Waals surface area contributed by atoms with Gasteiger partial charge in [0.1, 0.15) is 18.3 Å². The molecule has 0 bridgehead atoms. The molecule has 43 heavy (non-hydrogen) atoms. The van der Waals surface area contributed by atoms with Gasteiger partial charge in [0.2, 0.25) is 11.8 Å². The van der Waals surface area contributed by atoms with E-state index in [-0.39, 0.29) is 34.8 Å². The molecule has 8 nitrogen and oxygen atoms in total. The van der Waals surface area contributed by atoms with Gasteiger partial charge in [-0.05, 0) is 68.1 Å². The van der Waals surface area contributed by atoms with Crippen molar-refractivity contribution in [2.24, 2.45) is 0 Å². The predicted octanol–water partition coefficient (Wildman–Crippen LogP) is 6.37. The Hall–Kier alpha value is -3.27. The van der Waals surface area contributed by atoms with Gasteiger partial charge < -0.3 is 15.0 Å². The number of benzene rings is 3. The van der Waals surface area contributed by atoms with Gasteiger partial charge in [-0.2, -0.15) is 0 Å². The SMILES string of the molecule is CC[C@@H](C(=O)NC1CCCC1)N(Cc1ccc(Cl)cc1Cl)C(=O)CN(c1ccccc1OC)S(=O)(=O)c1ccc(C)cc1. The maximum atomic E-state index is 14.3. The summed E-state index contributed by atoms with van der Waals surface area (Å²) >= 11 is 12.6. The fourth-order valence-electron chi connectivity index (χ4n) is 5.31. The molecule has 4 rings (SSSR count). The van der Waals surface area contributed by atoms with Crippen LogP contribution >= 0.6 is 23.2 Å². The smallest absolute Gasteiger partial charge is 0.264 e. The number of amides is 2. The molecule has 230 valence electrons. The van der Waals surface area contributed by atoms with E-state index in [0.29, 0.717) is 22.0 Å². The number of carbonyl (C=O) groups excluding carboxylic acids is 2. The first-order valence-corrected chi connectivity index (χ1v) is 16.5. The fourth-order valence-corrected chi connectivity index (χ4v) is 7.20. The monoisotopic (exact) mass is 645 g/mol. The Labute approximate surface area is 264 Å². The van der Waals surface area contributed by atoms with Crippen molar-refractivity contribution in [2.45, 2.75) is 69.5 Å². The Morgan fingerprint density at radius 2 is 1.70 bits per heavy atom. The summed E-state index contributed by atoms with van der Waals surface area (Å²) in [5.74, 6) is -0.566. The average Bonchev–Trinajstić information content (AvgIpc) is 3.50. The van der Waals surface area contributed by atoms with Crippen molar-refractivity contribution in [2.75, 3.05) is 18.0 Å². The van der Waals surface area contributed by atoms with E-state index < -0.39 is 28.5 Å². The first kappa shape index (κ1) is 32.6. The van der Waals surface area contributed by atoms with Crippen LogP contribution in [0.4, 0.5) is 5.69 Å². The highest BCUT2D eigenvalue weighted by atomic mass is 35.5.